The molecule has 0 saturated carbocycles. The van der Waals surface area contributed by atoms with E-state index in [4.69, 9.17) is 19.7 Å². The smallest absolute Gasteiger partial charge is 0.335 e. The Kier molecular flexibility index (Phi) is 7.36. The summed E-state index contributed by atoms with van der Waals surface area (Å²) in [6.07, 6.45) is 3.02. The minimum atomic E-state index is -0.973. The number of carboxylic acids is 1. The highest BCUT2D eigenvalue weighted by molar-refractivity contribution is 5.92. The summed E-state index contributed by atoms with van der Waals surface area (Å²) in [5, 5.41) is 18.6. The number of nitriles is 1. The number of rotatable bonds is 7. The molecule has 1 N–H and O–H groups in total. The Hall–Kier alpha value is -4.59. The van der Waals surface area contributed by atoms with Gasteiger partial charge in [0.15, 0.2) is 0 Å². The minimum Gasteiger partial charge on any atom is -0.480 e. The second kappa shape index (κ2) is 11.5. The van der Waals surface area contributed by atoms with Crippen molar-refractivity contribution in [2.45, 2.75) is 50.5 Å². The zero-order valence-electron chi connectivity index (χ0n) is 23.9. The Morgan fingerprint density at radius 3 is 2.59 bits per heavy atom. The van der Waals surface area contributed by atoms with E-state index < -0.39 is 23.7 Å². The second-order valence-electron chi connectivity index (χ2n) is 11.6. The average molecular weight is 597 g/mol. The van der Waals surface area contributed by atoms with Crippen molar-refractivity contribution in [3.63, 3.8) is 0 Å². The van der Waals surface area contributed by atoms with E-state index >= 15 is 4.39 Å². The quantitative estimate of drug-likeness (QED) is 0.265. The van der Waals surface area contributed by atoms with Gasteiger partial charge in [0.05, 0.1) is 53.0 Å². The van der Waals surface area contributed by atoms with Crippen LogP contribution in [0, 0.1) is 17.1 Å². The average Bonchev–Trinajstić information content (AvgIpc) is 3.34. The van der Waals surface area contributed by atoms with Crippen LogP contribution in [-0.4, -0.2) is 51.3 Å². The van der Waals surface area contributed by atoms with Crippen molar-refractivity contribution in [3.8, 4) is 11.8 Å². The van der Waals surface area contributed by atoms with Crippen LogP contribution in [0.15, 0.2) is 60.7 Å². The van der Waals surface area contributed by atoms with Crippen LogP contribution in [0.2, 0.25) is 0 Å². The normalized spacial score (nSPS) is 20.3. The summed E-state index contributed by atoms with van der Waals surface area (Å²) < 4.78 is 44.2. The molecule has 0 amide bonds. The number of aromatic nitrogens is 2. The predicted molar refractivity (Wildman–Crippen MR) is 158 cm³/mol. The van der Waals surface area contributed by atoms with E-state index in [1.165, 1.54) is 18.2 Å². The summed E-state index contributed by atoms with van der Waals surface area (Å²) in [6, 6.07) is 16.5. The molecular formula is C34H30F2N4O4. The molecule has 4 aromatic rings. The lowest BCUT2D eigenvalue weighted by Crippen LogP contribution is -2.35. The van der Waals surface area contributed by atoms with Crippen LogP contribution < -0.4 is 4.74 Å². The van der Waals surface area contributed by atoms with E-state index in [2.05, 4.69) is 9.47 Å². The minimum absolute atomic E-state index is 0.0886. The van der Waals surface area contributed by atoms with Crippen LogP contribution >= 0.6 is 0 Å². The first-order valence-electron chi connectivity index (χ1n) is 14.8. The van der Waals surface area contributed by atoms with Gasteiger partial charge < -0.3 is 19.1 Å². The summed E-state index contributed by atoms with van der Waals surface area (Å²) in [6.45, 7) is 3.53. The number of benzene rings is 3. The Morgan fingerprint density at radius 2 is 1.89 bits per heavy atom. The molecule has 0 unspecified atom stereocenters. The number of ether oxygens (including phenoxy) is 2. The van der Waals surface area contributed by atoms with Gasteiger partial charge in [0.1, 0.15) is 29.3 Å². The third-order valence-corrected chi connectivity index (χ3v) is 8.93. The molecule has 3 aliphatic rings. The highest BCUT2D eigenvalue weighted by Crippen LogP contribution is 2.45. The molecule has 1 aromatic heterocycles. The van der Waals surface area contributed by atoms with Gasteiger partial charge in [-0.2, -0.15) is 5.26 Å². The van der Waals surface area contributed by atoms with Gasteiger partial charge in [0, 0.05) is 12.2 Å². The van der Waals surface area contributed by atoms with Gasteiger partial charge in [-0.25, -0.2) is 18.6 Å². The molecule has 2 atom stereocenters. The molecule has 3 aliphatic heterocycles. The zero-order valence-corrected chi connectivity index (χ0v) is 23.9. The topological polar surface area (TPSA) is 101 Å². The molecule has 0 radical (unpaired) electrons. The van der Waals surface area contributed by atoms with E-state index in [9.17, 15) is 14.3 Å². The highest BCUT2D eigenvalue weighted by Gasteiger charge is 2.31. The van der Waals surface area contributed by atoms with Gasteiger partial charge in [-0.15, -0.1) is 0 Å². The predicted octanol–water partition coefficient (Wildman–Crippen LogP) is 6.36. The van der Waals surface area contributed by atoms with Crippen molar-refractivity contribution < 1.29 is 28.2 Å². The zero-order chi connectivity index (χ0) is 30.4. The number of para-hydroxylation sites is 1. The molecule has 4 heterocycles. The monoisotopic (exact) mass is 596 g/mol. The number of likely N-dealkylation sites (tertiary alicyclic amines) is 1. The number of aromatic carboxylic acids is 1. The van der Waals surface area contributed by atoms with Gasteiger partial charge in [0.25, 0.3) is 0 Å². The largest absolute Gasteiger partial charge is 0.480 e. The SMILES string of the molecule is N#Cc1ccc([C@@H]2C=C(F)c3cccc(C4CCN(Cc5nc6ccc(C(=O)O)cc6n5C[C@@H]5CCO5)CC4)c3O2)c(F)c1. The number of piperidine rings is 1. The molecule has 224 valence electrons. The Bertz CT molecular complexity index is 1830. The van der Waals surface area contributed by atoms with Crippen LogP contribution in [0.4, 0.5) is 8.78 Å². The Morgan fingerprint density at radius 1 is 1.07 bits per heavy atom. The molecule has 3 aromatic carbocycles. The van der Waals surface area contributed by atoms with Crippen molar-refractivity contribution in [3.05, 3.63) is 100 Å². The summed E-state index contributed by atoms with van der Waals surface area (Å²) in [7, 11) is 0. The van der Waals surface area contributed by atoms with Crippen LogP contribution in [0.1, 0.15) is 69.7 Å². The first-order chi connectivity index (χ1) is 21.4. The third-order valence-electron chi connectivity index (χ3n) is 8.93. The Balaban J connectivity index is 1.09. The summed E-state index contributed by atoms with van der Waals surface area (Å²) in [4.78, 5) is 18.8. The van der Waals surface area contributed by atoms with Crippen molar-refractivity contribution >= 4 is 22.8 Å². The van der Waals surface area contributed by atoms with Crippen molar-refractivity contribution in [1.29, 1.82) is 5.26 Å². The lowest BCUT2D eigenvalue weighted by molar-refractivity contribution is -0.0592. The fourth-order valence-electron chi connectivity index (χ4n) is 6.42. The third kappa shape index (κ3) is 5.23. The maximum Gasteiger partial charge on any atom is 0.335 e. The fourth-order valence-corrected chi connectivity index (χ4v) is 6.42. The second-order valence-corrected chi connectivity index (χ2v) is 11.6. The molecule has 2 saturated heterocycles. The van der Waals surface area contributed by atoms with E-state index in [0.29, 0.717) is 24.4 Å². The van der Waals surface area contributed by atoms with E-state index in [0.717, 1.165) is 67.4 Å². The summed E-state index contributed by atoms with van der Waals surface area (Å²) >= 11 is 0. The van der Waals surface area contributed by atoms with Gasteiger partial charge in [-0.3, -0.25) is 4.90 Å². The summed E-state index contributed by atoms with van der Waals surface area (Å²) in [5.74, 6) is -0.605. The number of imidazole rings is 1. The number of nitrogens with zero attached hydrogens (tertiary/aromatic N) is 4. The highest BCUT2D eigenvalue weighted by atomic mass is 19.1. The van der Waals surface area contributed by atoms with Crippen molar-refractivity contribution in [1.82, 2.24) is 14.5 Å². The molecule has 7 rings (SSSR count). The van der Waals surface area contributed by atoms with Crippen molar-refractivity contribution in [2.75, 3.05) is 19.7 Å². The van der Waals surface area contributed by atoms with Gasteiger partial charge >= 0.3 is 5.97 Å². The first-order valence-corrected chi connectivity index (χ1v) is 14.8. The van der Waals surface area contributed by atoms with Crippen LogP contribution in [0.3, 0.4) is 0 Å². The van der Waals surface area contributed by atoms with Crippen LogP contribution in [0.25, 0.3) is 16.9 Å². The lowest BCUT2D eigenvalue weighted by Gasteiger charge is -2.34. The summed E-state index contributed by atoms with van der Waals surface area (Å²) in [5.41, 5.74) is 3.42. The molecule has 44 heavy (non-hydrogen) atoms. The number of halogens is 2. The molecule has 0 aliphatic carbocycles. The van der Waals surface area contributed by atoms with Gasteiger partial charge in [-0.1, -0.05) is 18.2 Å². The van der Waals surface area contributed by atoms with Crippen LogP contribution in [-0.2, 0) is 17.8 Å². The standard InChI is InChI=1S/C34H30F2N4O4/c35-27-14-20(17-37)4-6-25(27)31-16-28(36)26-3-1-2-24(33(26)44-31)21-8-11-39(12-9-21)19-32-38-29-7-5-22(34(41)42)15-30(29)40(32)18-23-10-13-43-23/h1-7,14-16,21,23,31H,8-13,18-19H2,(H,41,42)/t23-,31-/m0/s1. The maximum atomic E-state index is 15.3. The number of carbonyl (C=O) groups is 1. The number of hydrogen-bond acceptors (Lipinski definition) is 6. The maximum absolute atomic E-state index is 15.3. The number of carboxylic acid groups (broad SMARTS) is 1. The fraction of sp³-hybridized carbons (Fsp3) is 0.324. The van der Waals surface area contributed by atoms with E-state index in [-0.39, 0.29) is 28.7 Å². The molecule has 0 spiro atoms. The molecular weight excluding hydrogens is 566 g/mol. The Labute approximate surface area is 252 Å². The lowest BCUT2D eigenvalue weighted by atomic mass is 9.86. The number of hydrogen-bond donors (Lipinski definition) is 1. The molecule has 2 fully saturated rings. The molecule has 0 bridgehead atoms. The first kappa shape index (κ1) is 28.2. The van der Waals surface area contributed by atoms with E-state index in [1.807, 2.05) is 18.2 Å². The molecule has 8 nitrogen and oxygen atoms in total. The van der Waals surface area contributed by atoms with E-state index in [1.54, 1.807) is 24.3 Å². The van der Waals surface area contributed by atoms with Gasteiger partial charge in [0.2, 0.25) is 0 Å². The van der Waals surface area contributed by atoms with Crippen LogP contribution in [0.5, 0.6) is 5.75 Å². The van der Waals surface area contributed by atoms with Crippen molar-refractivity contribution in [2.24, 2.45) is 0 Å². The molecule has 10 heteroatoms. The number of fused-ring (bicyclic) bond motifs is 2. The van der Waals surface area contributed by atoms with Gasteiger partial charge in [-0.05, 0) is 86.3 Å².